The maximum absolute atomic E-state index is 11.7. The van der Waals surface area contributed by atoms with E-state index >= 15 is 0 Å². The van der Waals surface area contributed by atoms with E-state index in [0.29, 0.717) is 0 Å². The Kier molecular flexibility index (Phi) is 4.48. The molecule has 3 heteroatoms. The zero-order valence-electron chi connectivity index (χ0n) is 11.7. The Morgan fingerprint density at radius 1 is 1.21 bits per heavy atom. The van der Waals surface area contributed by atoms with Crippen molar-refractivity contribution in [1.82, 2.24) is 4.98 Å². The van der Waals surface area contributed by atoms with Crippen molar-refractivity contribution < 1.29 is 4.79 Å². The lowest BCUT2D eigenvalue weighted by Gasteiger charge is -1.98. The van der Waals surface area contributed by atoms with Crippen LogP contribution in [0.15, 0.2) is 24.3 Å². The molecule has 0 spiro atoms. The fourth-order valence-corrected chi connectivity index (χ4v) is 3.05. The summed E-state index contributed by atoms with van der Waals surface area (Å²) in [6.07, 6.45) is 2.93. The molecule has 0 fully saturated rings. The summed E-state index contributed by atoms with van der Waals surface area (Å²) in [4.78, 5) is 17.1. The van der Waals surface area contributed by atoms with Crippen molar-refractivity contribution in [2.24, 2.45) is 0 Å². The van der Waals surface area contributed by atoms with Crippen molar-refractivity contribution in [2.45, 2.75) is 40.0 Å². The Bertz CT molecular complexity index is 569. The normalized spacial score (nSPS) is 10.7. The van der Waals surface area contributed by atoms with Crippen molar-refractivity contribution in [1.29, 1.82) is 0 Å². The molecule has 0 radical (unpaired) electrons. The topological polar surface area (TPSA) is 30.0 Å². The summed E-state index contributed by atoms with van der Waals surface area (Å²) in [7, 11) is 0. The van der Waals surface area contributed by atoms with E-state index in [1.165, 1.54) is 16.9 Å². The molecule has 0 bridgehead atoms. The van der Waals surface area contributed by atoms with Gasteiger partial charge in [0, 0.05) is 12.5 Å². The average molecular weight is 273 g/mol. The minimum atomic E-state index is 0.123. The second kappa shape index (κ2) is 6.11. The summed E-state index contributed by atoms with van der Waals surface area (Å²) in [5.41, 5.74) is 3.38. The summed E-state index contributed by atoms with van der Waals surface area (Å²) in [5.74, 6) is 0.123. The van der Waals surface area contributed by atoms with Crippen LogP contribution >= 0.6 is 11.3 Å². The Balaban J connectivity index is 2.38. The number of carbonyl (C=O) groups is 1. The van der Waals surface area contributed by atoms with Gasteiger partial charge in [0.2, 0.25) is 0 Å². The van der Waals surface area contributed by atoms with Gasteiger partial charge in [0.05, 0.1) is 10.6 Å². The van der Waals surface area contributed by atoms with Crippen LogP contribution in [0.25, 0.3) is 10.6 Å². The Morgan fingerprint density at radius 3 is 2.42 bits per heavy atom. The number of hydrogen-bond acceptors (Lipinski definition) is 3. The number of carbonyl (C=O) groups excluding carboxylic acids is 1. The van der Waals surface area contributed by atoms with E-state index in [2.05, 4.69) is 43.1 Å². The molecule has 1 aromatic carbocycles. The second-order valence-corrected chi connectivity index (χ2v) is 5.65. The first kappa shape index (κ1) is 13.9. The van der Waals surface area contributed by atoms with Crippen LogP contribution in [0.4, 0.5) is 0 Å². The SMILES string of the molecule is CCCc1nc(-c2ccc(CC)cc2)sc1C(C)=O. The van der Waals surface area contributed by atoms with Gasteiger partial charge < -0.3 is 0 Å². The highest BCUT2D eigenvalue weighted by Crippen LogP contribution is 2.29. The molecule has 0 unspecified atom stereocenters. The molecule has 0 atom stereocenters. The van der Waals surface area contributed by atoms with Gasteiger partial charge in [-0.15, -0.1) is 11.3 Å². The molecule has 0 aliphatic carbocycles. The summed E-state index contributed by atoms with van der Waals surface area (Å²) >= 11 is 1.51. The van der Waals surface area contributed by atoms with E-state index in [0.717, 1.165) is 40.4 Å². The lowest BCUT2D eigenvalue weighted by atomic mass is 10.1. The van der Waals surface area contributed by atoms with E-state index in [-0.39, 0.29) is 5.78 Å². The number of benzene rings is 1. The van der Waals surface area contributed by atoms with Crippen LogP contribution in [0.1, 0.15) is 48.1 Å². The van der Waals surface area contributed by atoms with Gasteiger partial charge in [0.15, 0.2) is 5.78 Å². The molecule has 0 saturated heterocycles. The lowest BCUT2D eigenvalue weighted by Crippen LogP contribution is -1.95. The molecule has 2 aromatic rings. The molecule has 2 nitrogen and oxygen atoms in total. The van der Waals surface area contributed by atoms with E-state index < -0.39 is 0 Å². The number of nitrogens with zero attached hydrogens (tertiary/aromatic N) is 1. The van der Waals surface area contributed by atoms with Crippen molar-refractivity contribution in [2.75, 3.05) is 0 Å². The van der Waals surface area contributed by atoms with Gasteiger partial charge in [0.25, 0.3) is 0 Å². The predicted octanol–water partition coefficient (Wildman–Crippen LogP) is 4.53. The number of aryl methyl sites for hydroxylation is 2. The van der Waals surface area contributed by atoms with Crippen LogP contribution in [0.2, 0.25) is 0 Å². The maximum Gasteiger partial charge on any atom is 0.171 e. The standard InChI is InChI=1S/C16H19NOS/c1-4-6-14-15(11(3)18)19-16(17-14)13-9-7-12(5-2)8-10-13/h7-10H,4-6H2,1-3H3. The van der Waals surface area contributed by atoms with E-state index in [1.807, 2.05) is 0 Å². The third-order valence-electron chi connectivity index (χ3n) is 3.11. The van der Waals surface area contributed by atoms with Crippen LogP contribution in [-0.2, 0) is 12.8 Å². The minimum Gasteiger partial charge on any atom is -0.294 e. The lowest BCUT2D eigenvalue weighted by molar-refractivity contribution is 0.102. The highest BCUT2D eigenvalue weighted by Gasteiger charge is 2.15. The Morgan fingerprint density at radius 2 is 1.89 bits per heavy atom. The van der Waals surface area contributed by atoms with E-state index in [4.69, 9.17) is 0 Å². The van der Waals surface area contributed by atoms with Gasteiger partial charge in [-0.1, -0.05) is 44.5 Å². The molecule has 2 rings (SSSR count). The van der Waals surface area contributed by atoms with Crippen LogP contribution in [0, 0.1) is 0 Å². The third kappa shape index (κ3) is 3.10. The zero-order valence-corrected chi connectivity index (χ0v) is 12.5. The van der Waals surface area contributed by atoms with Gasteiger partial charge in [-0.05, 0) is 18.4 Å². The molecule has 0 N–H and O–H groups in total. The van der Waals surface area contributed by atoms with Gasteiger partial charge in [0.1, 0.15) is 5.01 Å². The van der Waals surface area contributed by atoms with Crippen LogP contribution in [0.3, 0.4) is 0 Å². The summed E-state index contributed by atoms with van der Waals surface area (Å²) < 4.78 is 0. The van der Waals surface area contributed by atoms with Gasteiger partial charge >= 0.3 is 0 Å². The van der Waals surface area contributed by atoms with E-state index in [9.17, 15) is 4.79 Å². The highest BCUT2D eigenvalue weighted by molar-refractivity contribution is 7.17. The largest absolute Gasteiger partial charge is 0.294 e. The average Bonchev–Trinajstić information content (AvgIpc) is 2.83. The Labute approximate surface area is 118 Å². The number of hydrogen-bond donors (Lipinski definition) is 0. The Hall–Kier alpha value is -1.48. The number of rotatable bonds is 5. The predicted molar refractivity (Wildman–Crippen MR) is 80.9 cm³/mol. The first-order chi connectivity index (χ1) is 9.15. The molecule has 0 saturated carbocycles. The molecule has 0 aliphatic rings. The number of thiazole rings is 1. The van der Waals surface area contributed by atoms with Crippen molar-refractivity contribution in [3.8, 4) is 10.6 Å². The van der Waals surface area contributed by atoms with Crippen LogP contribution in [-0.4, -0.2) is 10.8 Å². The number of aromatic nitrogens is 1. The van der Waals surface area contributed by atoms with Gasteiger partial charge in [-0.3, -0.25) is 4.79 Å². The number of Topliss-reactive ketones (excluding diaryl/α,β-unsaturated/α-hetero) is 1. The monoisotopic (exact) mass is 273 g/mol. The smallest absolute Gasteiger partial charge is 0.171 e. The van der Waals surface area contributed by atoms with Crippen LogP contribution < -0.4 is 0 Å². The molecule has 1 aromatic heterocycles. The maximum atomic E-state index is 11.7. The molecule has 100 valence electrons. The molecule has 19 heavy (non-hydrogen) atoms. The van der Waals surface area contributed by atoms with Gasteiger partial charge in [-0.2, -0.15) is 0 Å². The second-order valence-electron chi connectivity index (χ2n) is 4.65. The summed E-state index contributed by atoms with van der Waals surface area (Å²) in [6.45, 7) is 5.88. The summed E-state index contributed by atoms with van der Waals surface area (Å²) in [5, 5.41) is 0.955. The van der Waals surface area contributed by atoms with Gasteiger partial charge in [-0.25, -0.2) is 4.98 Å². The first-order valence-electron chi connectivity index (χ1n) is 6.75. The molecule has 0 aliphatic heterocycles. The molecular formula is C16H19NOS. The quantitative estimate of drug-likeness (QED) is 0.749. The molecular weight excluding hydrogens is 254 g/mol. The summed E-state index contributed by atoms with van der Waals surface area (Å²) in [6, 6.07) is 8.45. The molecule has 1 heterocycles. The van der Waals surface area contributed by atoms with Crippen molar-refractivity contribution in [3.05, 3.63) is 40.4 Å². The van der Waals surface area contributed by atoms with E-state index in [1.54, 1.807) is 6.92 Å². The fraction of sp³-hybridized carbons (Fsp3) is 0.375. The zero-order chi connectivity index (χ0) is 13.8. The van der Waals surface area contributed by atoms with Crippen molar-refractivity contribution in [3.63, 3.8) is 0 Å². The third-order valence-corrected chi connectivity index (χ3v) is 4.36. The van der Waals surface area contributed by atoms with Crippen LogP contribution in [0.5, 0.6) is 0 Å². The first-order valence-corrected chi connectivity index (χ1v) is 7.57. The highest BCUT2D eigenvalue weighted by atomic mass is 32.1. The van der Waals surface area contributed by atoms with Crippen molar-refractivity contribution >= 4 is 17.1 Å². The minimum absolute atomic E-state index is 0.123. The fourth-order valence-electron chi connectivity index (χ4n) is 2.04. The number of ketones is 1. The molecule has 0 amide bonds.